The van der Waals surface area contributed by atoms with Crippen molar-refractivity contribution in [1.29, 1.82) is 0 Å². The number of allylic oxidation sites excluding steroid dienone is 1. The van der Waals surface area contributed by atoms with Crippen LogP contribution in [0.5, 0.6) is 0 Å². The van der Waals surface area contributed by atoms with Gasteiger partial charge >= 0.3 is 0 Å². The molecular formula is C11H8N2OS. The highest BCUT2D eigenvalue weighted by molar-refractivity contribution is 7.11. The number of carbonyl (C=O) groups is 1. The third-order valence-electron chi connectivity index (χ3n) is 1.78. The fraction of sp³-hybridized carbons (Fsp3) is 0. The van der Waals surface area contributed by atoms with Crippen LogP contribution in [0.3, 0.4) is 0 Å². The molecule has 74 valence electrons. The summed E-state index contributed by atoms with van der Waals surface area (Å²) in [5, 5.41) is 1.97. The van der Waals surface area contributed by atoms with Gasteiger partial charge in [0.05, 0.1) is 0 Å². The topological polar surface area (TPSA) is 42.9 Å². The van der Waals surface area contributed by atoms with E-state index in [0.29, 0.717) is 5.82 Å². The monoisotopic (exact) mass is 216 g/mol. The quantitative estimate of drug-likeness (QED) is 0.584. The van der Waals surface area contributed by atoms with Crippen LogP contribution < -0.4 is 0 Å². The summed E-state index contributed by atoms with van der Waals surface area (Å²) < 4.78 is 0. The predicted octanol–water partition coefficient (Wildman–Crippen LogP) is 2.42. The number of aldehydes is 1. The molecule has 2 heterocycles. The minimum absolute atomic E-state index is 0.708. The highest BCUT2D eigenvalue weighted by Gasteiger charge is 2.01. The van der Waals surface area contributed by atoms with Gasteiger partial charge in [-0.3, -0.25) is 4.79 Å². The lowest BCUT2D eigenvalue weighted by Gasteiger charge is -1.91. The van der Waals surface area contributed by atoms with E-state index in [1.807, 2.05) is 11.4 Å². The molecule has 0 atom stereocenters. The Labute approximate surface area is 91.1 Å². The van der Waals surface area contributed by atoms with E-state index in [1.54, 1.807) is 35.9 Å². The highest BCUT2D eigenvalue weighted by Crippen LogP contribution is 2.23. The molecule has 4 heteroatoms. The zero-order valence-corrected chi connectivity index (χ0v) is 8.65. The van der Waals surface area contributed by atoms with Crippen LogP contribution in [0, 0.1) is 0 Å². The van der Waals surface area contributed by atoms with Gasteiger partial charge in [0, 0.05) is 28.2 Å². The van der Waals surface area contributed by atoms with Crippen molar-refractivity contribution in [1.82, 2.24) is 9.97 Å². The van der Waals surface area contributed by atoms with Gasteiger partial charge in [0.1, 0.15) is 6.29 Å². The van der Waals surface area contributed by atoms with Crippen molar-refractivity contribution in [2.75, 3.05) is 0 Å². The Kier molecular flexibility index (Phi) is 2.99. The molecule has 0 aromatic carbocycles. The molecule has 0 fully saturated rings. The normalized spacial score (nSPS) is 10.7. The average molecular weight is 216 g/mol. The molecule has 0 saturated carbocycles. The first-order chi connectivity index (χ1) is 7.40. The first-order valence-corrected chi connectivity index (χ1v) is 5.26. The van der Waals surface area contributed by atoms with Crippen LogP contribution in [0.15, 0.2) is 36.0 Å². The van der Waals surface area contributed by atoms with E-state index in [2.05, 4.69) is 9.97 Å². The summed E-state index contributed by atoms with van der Waals surface area (Å²) in [4.78, 5) is 19.5. The van der Waals surface area contributed by atoms with Gasteiger partial charge in [-0.05, 0) is 24.3 Å². The third-order valence-corrected chi connectivity index (χ3v) is 2.68. The SMILES string of the molecule is O=CC=Cc1cc(-c2ncccn2)cs1. The summed E-state index contributed by atoms with van der Waals surface area (Å²) in [6, 6.07) is 3.74. The van der Waals surface area contributed by atoms with Crippen molar-refractivity contribution in [2.24, 2.45) is 0 Å². The number of nitrogens with zero attached hydrogens (tertiary/aromatic N) is 2. The lowest BCUT2D eigenvalue weighted by Crippen LogP contribution is -1.83. The van der Waals surface area contributed by atoms with Gasteiger partial charge in [0.25, 0.3) is 0 Å². The van der Waals surface area contributed by atoms with E-state index in [4.69, 9.17) is 0 Å². The fourth-order valence-corrected chi connectivity index (χ4v) is 1.93. The van der Waals surface area contributed by atoms with Crippen LogP contribution in [0.25, 0.3) is 17.5 Å². The van der Waals surface area contributed by atoms with Crippen molar-refractivity contribution in [3.05, 3.63) is 40.9 Å². The summed E-state index contributed by atoms with van der Waals surface area (Å²) in [5.74, 6) is 0.708. The molecule has 0 unspecified atom stereocenters. The smallest absolute Gasteiger partial charge is 0.159 e. The summed E-state index contributed by atoms with van der Waals surface area (Å²) in [6.45, 7) is 0. The van der Waals surface area contributed by atoms with Crippen molar-refractivity contribution in [2.45, 2.75) is 0 Å². The first-order valence-electron chi connectivity index (χ1n) is 4.38. The minimum atomic E-state index is 0.708. The van der Waals surface area contributed by atoms with Gasteiger partial charge in [-0.2, -0.15) is 0 Å². The molecule has 0 N–H and O–H groups in total. The number of carbonyl (C=O) groups excluding carboxylic acids is 1. The lowest BCUT2D eigenvalue weighted by atomic mass is 10.3. The van der Waals surface area contributed by atoms with Crippen molar-refractivity contribution < 1.29 is 4.79 Å². The van der Waals surface area contributed by atoms with Gasteiger partial charge in [0.15, 0.2) is 5.82 Å². The van der Waals surface area contributed by atoms with Crippen LogP contribution in [-0.4, -0.2) is 16.3 Å². The molecule has 0 aliphatic carbocycles. The number of aromatic nitrogens is 2. The van der Waals surface area contributed by atoms with E-state index >= 15 is 0 Å². The van der Waals surface area contributed by atoms with Crippen LogP contribution >= 0.6 is 11.3 Å². The first kappa shape index (κ1) is 9.73. The molecule has 0 saturated heterocycles. The highest BCUT2D eigenvalue weighted by atomic mass is 32.1. The van der Waals surface area contributed by atoms with Gasteiger partial charge in [-0.25, -0.2) is 9.97 Å². The summed E-state index contributed by atoms with van der Waals surface area (Å²) in [5.41, 5.74) is 0.978. The second-order valence-corrected chi connectivity index (χ2v) is 3.75. The number of thiophene rings is 1. The Balaban J connectivity index is 2.28. The Morgan fingerprint density at radius 3 is 2.80 bits per heavy atom. The molecule has 15 heavy (non-hydrogen) atoms. The van der Waals surface area contributed by atoms with Crippen molar-refractivity contribution in [3.8, 4) is 11.4 Å². The molecule has 2 aromatic rings. The summed E-state index contributed by atoms with van der Waals surface area (Å²) in [7, 11) is 0. The Hall–Kier alpha value is -1.81. The maximum Gasteiger partial charge on any atom is 0.159 e. The van der Waals surface area contributed by atoms with Gasteiger partial charge in [-0.1, -0.05) is 0 Å². The summed E-state index contributed by atoms with van der Waals surface area (Å²) in [6.07, 6.45) is 7.42. The average Bonchev–Trinajstić information content (AvgIpc) is 2.76. The molecule has 0 bridgehead atoms. The molecule has 3 nitrogen and oxygen atoms in total. The molecule has 0 amide bonds. The number of hydrogen-bond donors (Lipinski definition) is 0. The summed E-state index contributed by atoms with van der Waals surface area (Å²) >= 11 is 1.56. The van der Waals surface area contributed by atoms with E-state index in [-0.39, 0.29) is 0 Å². The fourth-order valence-electron chi connectivity index (χ4n) is 1.14. The molecule has 0 aliphatic heterocycles. The van der Waals surface area contributed by atoms with E-state index < -0.39 is 0 Å². The Morgan fingerprint density at radius 1 is 1.27 bits per heavy atom. The maximum atomic E-state index is 10.1. The van der Waals surface area contributed by atoms with Gasteiger partial charge in [-0.15, -0.1) is 11.3 Å². The second kappa shape index (κ2) is 4.61. The molecular weight excluding hydrogens is 208 g/mol. The lowest BCUT2D eigenvalue weighted by molar-refractivity contribution is -0.104. The molecule has 0 spiro atoms. The predicted molar refractivity (Wildman–Crippen MR) is 60.4 cm³/mol. The van der Waals surface area contributed by atoms with Crippen LogP contribution in [0.1, 0.15) is 4.88 Å². The number of hydrogen-bond acceptors (Lipinski definition) is 4. The van der Waals surface area contributed by atoms with E-state index in [0.717, 1.165) is 16.7 Å². The van der Waals surface area contributed by atoms with E-state index in [1.165, 1.54) is 6.08 Å². The van der Waals surface area contributed by atoms with Crippen molar-refractivity contribution in [3.63, 3.8) is 0 Å². The van der Waals surface area contributed by atoms with Gasteiger partial charge in [0.2, 0.25) is 0 Å². The van der Waals surface area contributed by atoms with Crippen LogP contribution in [0.4, 0.5) is 0 Å². The minimum Gasteiger partial charge on any atom is -0.299 e. The largest absolute Gasteiger partial charge is 0.299 e. The zero-order valence-electron chi connectivity index (χ0n) is 7.83. The molecule has 2 aromatic heterocycles. The second-order valence-electron chi connectivity index (χ2n) is 2.81. The zero-order chi connectivity index (χ0) is 10.5. The standard InChI is InChI=1S/C11H8N2OS/c14-6-1-3-10-7-9(8-15-10)11-12-4-2-5-13-11/h1-8H. The molecule has 0 aliphatic rings. The van der Waals surface area contributed by atoms with Crippen LogP contribution in [0.2, 0.25) is 0 Å². The van der Waals surface area contributed by atoms with Gasteiger partial charge < -0.3 is 0 Å². The third kappa shape index (κ3) is 2.35. The number of rotatable bonds is 3. The maximum absolute atomic E-state index is 10.1. The molecule has 2 rings (SSSR count). The Morgan fingerprint density at radius 2 is 2.07 bits per heavy atom. The van der Waals surface area contributed by atoms with Crippen molar-refractivity contribution >= 4 is 23.7 Å². The van der Waals surface area contributed by atoms with E-state index in [9.17, 15) is 4.79 Å². The Bertz CT molecular complexity index is 476. The van der Waals surface area contributed by atoms with Crippen LogP contribution in [-0.2, 0) is 4.79 Å². The molecule has 0 radical (unpaired) electrons.